The summed E-state index contributed by atoms with van der Waals surface area (Å²) in [4.78, 5) is 11.5. The average Bonchev–Trinajstić information content (AvgIpc) is 2.23. The van der Waals surface area contributed by atoms with Crippen molar-refractivity contribution in [2.24, 2.45) is 0 Å². The lowest BCUT2D eigenvalue weighted by atomic mass is 10.3. The fourth-order valence-electron chi connectivity index (χ4n) is 0.857. The van der Waals surface area contributed by atoms with Gasteiger partial charge in [-0.2, -0.15) is 5.26 Å². The van der Waals surface area contributed by atoms with Crippen molar-refractivity contribution in [3.05, 3.63) is 0 Å². The summed E-state index contributed by atoms with van der Waals surface area (Å²) in [7, 11) is 0. The number of unbranched alkanes of at least 4 members (excludes halogenated alkanes) is 1. The van der Waals surface area contributed by atoms with Gasteiger partial charge < -0.3 is 4.74 Å². The van der Waals surface area contributed by atoms with Crippen LogP contribution in [0.5, 0.6) is 0 Å². The molecule has 0 aliphatic rings. The Morgan fingerprint density at radius 3 is 2.73 bits per heavy atom. The highest BCUT2D eigenvalue weighted by Crippen LogP contribution is 2.15. The Balaban J connectivity index is 3.65. The number of hydrogen-bond donors (Lipinski definition) is 0. The van der Waals surface area contributed by atoms with Gasteiger partial charge in [0.2, 0.25) is 0 Å². The Labute approximate surface area is 96.2 Å². The first kappa shape index (κ1) is 14.3. The Morgan fingerprint density at radius 1 is 1.53 bits per heavy atom. The molecule has 0 rings (SSSR count). The van der Waals surface area contributed by atoms with E-state index in [1.54, 1.807) is 11.8 Å². The Kier molecular flexibility index (Phi) is 8.21. The largest absolute Gasteiger partial charge is 0.462 e. The van der Waals surface area contributed by atoms with Gasteiger partial charge in [-0.25, -0.2) is 0 Å². The lowest BCUT2D eigenvalue weighted by molar-refractivity contribution is -0.147. The van der Waals surface area contributed by atoms with Crippen LogP contribution in [-0.4, -0.2) is 23.1 Å². The molecular weight excluding hydrogens is 210 g/mol. The van der Waals surface area contributed by atoms with Gasteiger partial charge >= 0.3 is 5.97 Å². The number of nitrogens with zero attached hydrogens (tertiary/aromatic N) is 1. The zero-order valence-corrected chi connectivity index (χ0v) is 10.5. The molecule has 0 aliphatic carbocycles. The van der Waals surface area contributed by atoms with Crippen LogP contribution in [0.15, 0.2) is 0 Å². The first-order valence-electron chi connectivity index (χ1n) is 5.30. The highest BCUT2D eigenvalue weighted by atomic mass is 32.2. The van der Waals surface area contributed by atoms with Crippen molar-refractivity contribution in [3.63, 3.8) is 0 Å². The first-order chi connectivity index (χ1) is 7.11. The maximum atomic E-state index is 11.5. The third-order valence-corrected chi connectivity index (χ3v) is 3.24. The van der Waals surface area contributed by atoms with Gasteiger partial charge in [-0.15, -0.1) is 11.8 Å². The zero-order chi connectivity index (χ0) is 11.7. The maximum Gasteiger partial charge on any atom is 0.319 e. The number of ether oxygens (including phenoxy) is 1. The highest BCUT2D eigenvalue weighted by molar-refractivity contribution is 8.00. The van der Waals surface area contributed by atoms with E-state index in [2.05, 4.69) is 6.07 Å². The van der Waals surface area contributed by atoms with Gasteiger partial charge in [-0.3, -0.25) is 4.79 Å². The molecule has 0 saturated carbocycles. The molecule has 86 valence electrons. The number of carbonyl (C=O) groups is 1. The van der Waals surface area contributed by atoms with Crippen molar-refractivity contribution < 1.29 is 9.53 Å². The lowest BCUT2D eigenvalue weighted by Crippen LogP contribution is -2.22. The minimum atomic E-state index is -0.147. The van der Waals surface area contributed by atoms with Gasteiger partial charge in [-0.05, 0) is 32.4 Å². The maximum absolute atomic E-state index is 11.5. The second-order valence-electron chi connectivity index (χ2n) is 3.43. The molecule has 2 unspecified atom stereocenters. The van der Waals surface area contributed by atoms with Gasteiger partial charge in [0.1, 0.15) is 0 Å². The van der Waals surface area contributed by atoms with E-state index in [4.69, 9.17) is 10.00 Å². The van der Waals surface area contributed by atoms with Crippen LogP contribution >= 0.6 is 11.8 Å². The van der Waals surface area contributed by atoms with E-state index >= 15 is 0 Å². The number of rotatable bonds is 7. The van der Waals surface area contributed by atoms with Crippen LogP contribution in [-0.2, 0) is 9.53 Å². The molecule has 0 heterocycles. The predicted molar refractivity (Wildman–Crippen MR) is 62.6 cm³/mol. The minimum absolute atomic E-state index is 0.000316. The van der Waals surface area contributed by atoms with Crippen LogP contribution < -0.4 is 0 Å². The summed E-state index contributed by atoms with van der Waals surface area (Å²) in [5.41, 5.74) is 0. The van der Waals surface area contributed by atoms with Gasteiger partial charge in [0, 0.05) is 6.42 Å². The standard InChI is InChI=1S/C11H19NO2S/c1-4-9(2)14-11(13)10(3)15-8-6-5-7-12/h9-10H,4-6,8H2,1-3H3. The Morgan fingerprint density at radius 2 is 2.20 bits per heavy atom. The lowest BCUT2D eigenvalue weighted by Gasteiger charge is -2.14. The summed E-state index contributed by atoms with van der Waals surface area (Å²) in [6, 6.07) is 2.08. The van der Waals surface area contributed by atoms with Gasteiger partial charge in [0.15, 0.2) is 0 Å². The zero-order valence-electron chi connectivity index (χ0n) is 9.66. The number of nitriles is 1. The molecule has 0 aromatic carbocycles. The van der Waals surface area contributed by atoms with Crippen molar-refractivity contribution in [1.82, 2.24) is 0 Å². The number of carbonyl (C=O) groups excluding carboxylic acids is 1. The molecule has 0 aliphatic heterocycles. The molecule has 0 spiro atoms. The molecule has 0 saturated heterocycles. The first-order valence-corrected chi connectivity index (χ1v) is 6.35. The van der Waals surface area contributed by atoms with Crippen molar-refractivity contribution >= 4 is 17.7 Å². The molecule has 0 amide bonds. The molecule has 3 nitrogen and oxygen atoms in total. The number of esters is 1. The van der Waals surface area contributed by atoms with Crippen molar-refractivity contribution in [1.29, 1.82) is 5.26 Å². The topological polar surface area (TPSA) is 50.1 Å². The summed E-state index contributed by atoms with van der Waals surface area (Å²) in [5.74, 6) is 0.691. The van der Waals surface area contributed by atoms with E-state index in [1.165, 1.54) is 0 Å². The molecule has 4 heteroatoms. The van der Waals surface area contributed by atoms with Crippen LogP contribution in [0.4, 0.5) is 0 Å². The van der Waals surface area contributed by atoms with E-state index in [1.807, 2.05) is 20.8 Å². The van der Waals surface area contributed by atoms with Gasteiger partial charge in [0.25, 0.3) is 0 Å². The molecule has 0 fully saturated rings. The molecule has 0 bridgehead atoms. The minimum Gasteiger partial charge on any atom is -0.462 e. The van der Waals surface area contributed by atoms with Crippen LogP contribution in [0.25, 0.3) is 0 Å². The summed E-state index contributed by atoms with van der Waals surface area (Å²) in [5, 5.41) is 8.21. The van der Waals surface area contributed by atoms with E-state index in [0.717, 1.165) is 18.6 Å². The molecule has 0 aromatic heterocycles. The summed E-state index contributed by atoms with van der Waals surface area (Å²) in [6.07, 6.45) is 2.24. The third kappa shape index (κ3) is 7.26. The third-order valence-electron chi connectivity index (χ3n) is 2.02. The molecule has 15 heavy (non-hydrogen) atoms. The molecule has 2 atom stereocenters. The fraction of sp³-hybridized carbons (Fsp3) is 0.818. The summed E-state index contributed by atoms with van der Waals surface area (Å²) >= 11 is 1.55. The van der Waals surface area contributed by atoms with Crippen LogP contribution in [0.2, 0.25) is 0 Å². The second-order valence-corrected chi connectivity index (χ2v) is 4.88. The predicted octanol–water partition coefficient (Wildman–Crippen LogP) is 2.75. The van der Waals surface area contributed by atoms with Gasteiger partial charge in [-0.1, -0.05) is 6.92 Å². The van der Waals surface area contributed by atoms with Crippen LogP contribution in [0, 0.1) is 11.3 Å². The smallest absolute Gasteiger partial charge is 0.319 e. The number of thioether (sulfide) groups is 1. The van der Waals surface area contributed by atoms with E-state index in [0.29, 0.717) is 6.42 Å². The van der Waals surface area contributed by atoms with E-state index < -0.39 is 0 Å². The quantitative estimate of drug-likeness (QED) is 0.497. The van der Waals surface area contributed by atoms with Crippen molar-refractivity contribution in [2.45, 2.75) is 51.4 Å². The molecule has 0 radical (unpaired) electrons. The highest BCUT2D eigenvalue weighted by Gasteiger charge is 2.16. The number of hydrogen-bond acceptors (Lipinski definition) is 4. The average molecular weight is 229 g/mol. The van der Waals surface area contributed by atoms with Crippen LogP contribution in [0.1, 0.15) is 40.0 Å². The van der Waals surface area contributed by atoms with Crippen LogP contribution in [0.3, 0.4) is 0 Å². The monoisotopic (exact) mass is 229 g/mol. The van der Waals surface area contributed by atoms with Gasteiger partial charge in [0.05, 0.1) is 17.4 Å². The fourth-order valence-corrected chi connectivity index (χ4v) is 1.71. The van der Waals surface area contributed by atoms with Crippen molar-refractivity contribution in [2.75, 3.05) is 5.75 Å². The van der Waals surface area contributed by atoms with Crippen molar-refractivity contribution in [3.8, 4) is 6.07 Å². The molecule has 0 aromatic rings. The summed E-state index contributed by atoms with van der Waals surface area (Å²) < 4.78 is 5.19. The molecular formula is C11H19NO2S. The molecule has 0 N–H and O–H groups in total. The SMILES string of the molecule is CCC(C)OC(=O)C(C)SCCCC#N. The second kappa shape index (κ2) is 8.60. The normalized spacial score (nSPS) is 14.0. The Bertz CT molecular complexity index is 225. The van der Waals surface area contributed by atoms with E-state index in [-0.39, 0.29) is 17.3 Å². The Hall–Kier alpha value is -0.690. The van der Waals surface area contributed by atoms with E-state index in [9.17, 15) is 4.79 Å². The summed E-state index contributed by atoms with van der Waals surface area (Å²) in [6.45, 7) is 5.73.